The lowest BCUT2D eigenvalue weighted by atomic mass is 9.82. The van der Waals surface area contributed by atoms with Crippen LogP contribution in [0, 0.1) is 5.92 Å². The number of rotatable bonds is 3. The second-order valence-electron chi connectivity index (χ2n) is 5.09. The number of nitrogens with zero attached hydrogens (tertiary/aromatic N) is 1. The van der Waals surface area contributed by atoms with E-state index in [1.54, 1.807) is 0 Å². The van der Waals surface area contributed by atoms with E-state index in [-0.39, 0.29) is 6.10 Å². The molecule has 0 aromatic carbocycles. The summed E-state index contributed by atoms with van der Waals surface area (Å²) in [5.41, 5.74) is 6.05. The van der Waals surface area contributed by atoms with Crippen LogP contribution in [0.25, 0.3) is 0 Å². The van der Waals surface area contributed by atoms with Crippen molar-refractivity contribution in [3.63, 3.8) is 0 Å². The SMILES string of the molecule is CN(CC1CC(O)C1)C1CCCC1N. The molecule has 2 fully saturated rings. The Balaban J connectivity index is 1.74. The van der Waals surface area contributed by atoms with Crippen molar-refractivity contribution in [2.75, 3.05) is 13.6 Å². The zero-order chi connectivity index (χ0) is 10.1. The molecule has 3 heteroatoms. The maximum absolute atomic E-state index is 9.21. The monoisotopic (exact) mass is 198 g/mol. The van der Waals surface area contributed by atoms with E-state index in [0.717, 1.165) is 19.4 Å². The molecule has 2 aliphatic rings. The van der Waals surface area contributed by atoms with Crippen LogP contribution >= 0.6 is 0 Å². The Morgan fingerprint density at radius 1 is 1.36 bits per heavy atom. The molecule has 0 bridgehead atoms. The summed E-state index contributed by atoms with van der Waals surface area (Å²) in [6.07, 6.45) is 5.68. The minimum atomic E-state index is -0.0225. The van der Waals surface area contributed by atoms with Crippen molar-refractivity contribution in [1.29, 1.82) is 0 Å². The molecule has 0 radical (unpaired) electrons. The molecule has 0 amide bonds. The molecule has 3 N–H and O–H groups in total. The Bertz CT molecular complexity index is 192. The maximum atomic E-state index is 9.21. The first-order valence-electron chi connectivity index (χ1n) is 5.80. The average molecular weight is 198 g/mol. The van der Waals surface area contributed by atoms with Gasteiger partial charge in [-0.15, -0.1) is 0 Å². The molecular weight excluding hydrogens is 176 g/mol. The lowest BCUT2D eigenvalue weighted by Crippen LogP contribution is -2.46. The van der Waals surface area contributed by atoms with E-state index in [2.05, 4.69) is 11.9 Å². The van der Waals surface area contributed by atoms with Gasteiger partial charge in [0.25, 0.3) is 0 Å². The van der Waals surface area contributed by atoms with E-state index in [1.807, 2.05) is 0 Å². The van der Waals surface area contributed by atoms with Gasteiger partial charge in [-0.3, -0.25) is 0 Å². The van der Waals surface area contributed by atoms with Crippen molar-refractivity contribution in [2.24, 2.45) is 11.7 Å². The fraction of sp³-hybridized carbons (Fsp3) is 1.00. The van der Waals surface area contributed by atoms with Crippen molar-refractivity contribution < 1.29 is 5.11 Å². The molecule has 14 heavy (non-hydrogen) atoms. The van der Waals surface area contributed by atoms with Crippen molar-refractivity contribution in [1.82, 2.24) is 4.90 Å². The number of aliphatic hydroxyl groups is 1. The first-order chi connectivity index (χ1) is 6.66. The Kier molecular flexibility index (Phi) is 3.10. The molecule has 82 valence electrons. The van der Waals surface area contributed by atoms with E-state index in [4.69, 9.17) is 5.73 Å². The van der Waals surface area contributed by atoms with E-state index >= 15 is 0 Å². The van der Waals surface area contributed by atoms with Gasteiger partial charge in [-0.1, -0.05) is 6.42 Å². The third-order valence-corrected chi connectivity index (χ3v) is 3.85. The van der Waals surface area contributed by atoms with Crippen molar-refractivity contribution in [3.8, 4) is 0 Å². The Labute approximate surface area is 86.3 Å². The Morgan fingerprint density at radius 2 is 2.07 bits per heavy atom. The van der Waals surface area contributed by atoms with E-state index in [9.17, 15) is 5.11 Å². The van der Waals surface area contributed by atoms with Crippen LogP contribution in [0.5, 0.6) is 0 Å². The third kappa shape index (κ3) is 2.10. The second-order valence-corrected chi connectivity index (χ2v) is 5.09. The summed E-state index contributed by atoms with van der Waals surface area (Å²) in [7, 11) is 2.18. The van der Waals surface area contributed by atoms with Crippen LogP contribution in [0.3, 0.4) is 0 Å². The number of hydrogen-bond acceptors (Lipinski definition) is 3. The van der Waals surface area contributed by atoms with Crippen LogP contribution in [0.2, 0.25) is 0 Å². The molecule has 3 nitrogen and oxygen atoms in total. The van der Waals surface area contributed by atoms with Gasteiger partial charge in [0.2, 0.25) is 0 Å². The zero-order valence-corrected chi connectivity index (χ0v) is 9.02. The summed E-state index contributed by atoms with van der Waals surface area (Å²) in [5.74, 6) is 0.711. The first kappa shape index (κ1) is 10.4. The molecule has 0 saturated heterocycles. The average Bonchev–Trinajstić information content (AvgIpc) is 2.48. The first-order valence-corrected chi connectivity index (χ1v) is 5.80. The number of nitrogens with two attached hydrogens (primary N) is 1. The van der Waals surface area contributed by atoms with Crippen molar-refractivity contribution in [2.45, 2.75) is 50.3 Å². The summed E-state index contributed by atoms with van der Waals surface area (Å²) in [6.45, 7) is 1.12. The highest BCUT2D eigenvalue weighted by Crippen LogP contribution is 2.30. The van der Waals surface area contributed by atoms with Gasteiger partial charge < -0.3 is 15.7 Å². The van der Waals surface area contributed by atoms with Crippen LogP contribution in [0.15, 0.2) is 0 Å². The summed E-state index contributed by atoms with van der Waals surface area (Å²) >= 11 is 0. The zero-order valence-electron chi connectivity index (χ0n) is 9.02. The van der Waals surface area contributed by atoms with E-state index < -0.39 is 0 Å². The van der Waals surface area contributed by atoms with Gasteiger partial charge in [-0.05, 0) is 38.6 Å². The summed E-state index contributed by atoms with van der Waals surface area (Å²) in [6, 6.07) is 0.970. The molecular formula is C11H22N2O. The molecule has 0 spiro atoms. The van der Waals surface area contributed by atoms with Crippen LogP contribution in [-0.4, -0.2) is 41.8 Å². The van der Waals surface area contributed by atoms with Gasteiger partial charge in [0.15, 0.2) is 0 Å². The number of aliphatic hydroxyl groups excluding tert-OH is 1. The highest BCUT2D eigenvalue weighted by atomic mass is 16.3. The lowest BCUT2D eigenvalue weighted by molar-refractivity contribution is 0.0214. The fourth-order valence-electron chi connectivity index (χ4n) is 2.91. The van der Waals surface area contributed by atoms with Crippen LogP contribution in [0.4, 0.5) is 0 Å². The van der Waals surface area contributed by atoms with Crippen LogP contribution in [-0.2, 0) is 0 Å². The minimum Gasteiger partial charge on any atom is -0.393 e. The quantitative estimate of drug-likeness (QED) is 0.697. The van der Waals surface area contributed by atoms with Crippen LogP contribution < -0.4 is 5.73 Å². The molecule has 2 saturated carbocycles. The van der Waals surface area contributed by atoms with Crippen molar-refractivity contribution in [3.05, 3.63) is 0 Å². The summed E-state index contributed by atoms with van der Waals surface area (Å²) < 4.78 is 0. The van der Waals surface area contributed by atoms with E-state index in [0.29, 0.717) is 18.0 Å². The lowest BCUT2D eigenvalue weighted by Gasteiger charge is -2.37. The highest BCUT2D eigenvalue weighted by molar-refractivity contribution is 4.89. The van der Waals surface area contributed by atoms with E-state index in [1.165, 1.54) is 19.3 Å². The smallest absolute Gasteiger partial charge is 0.0546 e. The third-order valence-electron chi connectivity index (χ3n) is 3.85. The number of hydrogen-bond donors (Lipinski definition) is 2. The highest BCUT2D eigenvalue weighted by Gasteiger charge is 2.32. The molecule has 2 aliphatic carbocycles. The molecule has 0 aromatic heterocycles. The molecule has 2 unspecified atom stereocenters. The van der Waals surface area contributed by atoms with Gasteiger partial charge in [-0.2, -0.15) is 0 Å². The van der Waals surface area contributed by atoms with Crippen molar-refractivity contribution >= 4 is 0 Å². The van der Waals surface area contributed by atoms with Gasteiger partial charge in [0.05, 0.1) is 6.10 Å². The number of likely N-dealkylation sites (N-methyl/N-ethyl adjacent to an activating group) is 1. The maximum Gasteiger partial charge on any atom is 0.0546 e. The predicted octanol–water partition coefficient (Wildman–Crippen LogP) is 0.569. The minimum absolute atomic E-state index is 0.0225. The normalized spacial score (nSPS) is 42.9. The summed E-state index contributed by atoms with van der Waals surface area (Å²) in [4.78, 5) is 2.41. The van der Waals surface area contributed by atoms with Gasteiger partial charge in [-0.25, -0.2) is 0 Å². The molecule has 2 rings (SSSR count). The van der Waals surface area contributed by atoms with Gasteiger partial charge in [0, 0.05) is 18.6 Å². The second kappa shape index (κ2) is 4.17. The molecule has 0 aliphatic heterocycles. The fourth-order valence-corrected chi connectivity index (χ4v) is 2.91. The molecule has 0 heterocycles. The van der Waals surface area contributed by atoms with Gasteiger partial charge >= 0.3 is 0 Å². The topological polar surface area (TPSA) is 49.5 Å². The Morgan fingerprint density at radius 3 is 2.57 bits per heavy atom. The standard InChI is InChI=1S/C11H22N2O/c1-13(7-8-5-9(14)6-8)11-4-2-3-10(11)12/h8-11,14H,2-7,12H2,1H3. The predicted molar refractivity (Wildman–Crippen MR) is 57.0 cm³/mol. The molecule has 0 aromatic rings. The van der Waals surface area contributed by atoms with Crippen LogP contribution in [0.1, 0.15) is 32.1 Å². The summed E-state index contributed by atoms with van der Waals surface area (Å²) in [5, 5.41) is 9.21. The van der Waals surface area contributed by atoms with Gasteiger partial charge in [0.1, 0.15) is 0 Å². The Hall–Kier alpha value is -0.120. The molecule has 2 atom stereocenters. The largest absolute Gasteiger partial charge is 0.393 e.